The van der Waals surface area contributed by atoms with E-state index < -0.39 is 0 Å². The van der Waals surface area contributed by atoms with Crippen LogP contribution in [0.15, 0.2) is 0 Å². The molecule has 1 aliphatic rings. The van der Waals surface area contributed by atoms with Crippen molar-refractivity contribution in [3.8, 4) is 0 Å². The smallest absolute Gasteiger partial charge is 0.0169 e. The first kappa shape index (κ1) is 11.0. The predicted octanol–water partition coefficient (Wildman–Crippen LogP) is 1.86. The van der Waals surface area contributed by atoms with E-state index in [9.17, 15) is 0 Å². The fourth-order valence-electron chi connectivity index (χ4n) is 2.33. The molecule has 2 heteroatoms. The van der Waals surface area contributed by atoms with Gasteiger partial charge in [-0.3, -0.25) is 4.90 Å². The molecule has 3 atom stereocenters. The molecular weight excluding hydrogens is 160 g/mol. The Balaban J connectivity index is 2.40. The van der Waals surface area contributed by atoms with Crippen molar-refractivity contribution in [2.75, 3.05) is 13.1 Å². The molecule has 0 aromatic heterocycles. The van der Waals surface area contributed by atoms with Crippen molar-refractivity contribution in [2.45, 2.75) is 58.7 Å². The Labute approximate surface area is 82.7 Å². The van der Waals surface area contributed by atoms with Gasteiger partial charge in [0.1, 0.15) is 0 Å². The van der Waals surface area contributed by atoms with E-state index in [1.54, 1.807) is 0 Å². The summed E-state index contributed by atoms with van der Waals surface area (Å²) in [5, 5.41) is 3.56. The molecule has 0 aliphatic carbocycles. The first-order valence-corrected chi connectivity index (χ1v) is 5.63. The van der Waals surface area contributed by atoms with Crippen molar-refractivity contribution in [3.63, 3.8) is 0 Å². The summed E-state index contributed by atoms with van der Waals surface area (Å²) in [6.45, 7) is 11.6. The molecule has 2 nitrogen and oxygen atoms in total. The van der Waals surface area contributed by atoms with Gasteiger partial charge in [0.15, 0.2) is 0 Å². The number of piperazine rings is 1. The van der Waals surface area contributed by atoms with E-state index in [1.807, 2.05) is 0 Å². The van der Waals surface area contributed by atoms with Gasteiger partial charge in [0.05, 0.1) is 0 Å². The number of nitrogens with zero attached hydrogens (tertiary/aromatic N) is 1. The zero-order valence-electron chi connectivity index (χ0n) is 9.51. The third-order valence-electron chi connectivity index (χ3n) is 2.92. The third kappa shape index (κ3) is 3.28. The van der Waals surface area contributed by atoms with Gasteiger partial charge in [-0.05, 0) is 27.2 Å². The molecule has 0 bridgehead atoms. The molecule has 1 aliphatic heterocycles. The van der Waals surface area contributed by atoms with E-state index in [-0.39, 0.29) is 0 Å². The van der Waals surface area contributed by atoms with Gasteiger partial charge >= 0.3 is 0 Å². The topological polar surface area (TPSA) is 15.3 Å². The minimum atomic E-state index is 0.656. The second kappa shape index (κ2) is 4.97. The molecule has 1 rings (SSSR count). The first-order valence-electron chi connectivity index (χ1n) is 5.63. The normalized spacial score (nSPS) is 33.2. The molecule has 0 amide bonds. The maximum atomic E-state index is 3.56. The quantitative estimate of drug-likeness (QED) is 0.720. The van der Waals surface area contributed by atoms with Gasteiger partial charge in [-0.25, -0.2) is 0 Å². The highest BCUT2D eigenvalue weighted by Gasteiger charge is 2.23. The molecule has 3 unspecified atom stereocenters. The lowest BCUT2D eigenvalue weighted by Crippen LogP contribution is -2.56. The van der Waals surface area contributed by atoms with Crippen LogP contribution in [-0.2, 0) is 0 Å². The summed E-state index contributed by atoms with van der Waals surface area (Å²) in [6.07, 6.45) is 2.63. The summed E-state index contributed by atoms with van der Waals surface area (Å²) in [5.74, 6) is 0. The van der Waals surface area contributed by atoms with E-state index in [0.29, 0.717) is 12.1 Å². The second-order valence-corrected chi connectivity index (χ2v) is 4.56. The number of hydrogen-bond acceptors (Lipinski definition) is 2. The molecule has 1 N–H and O–H groups in total. The van der Waals surface area contributed by atoms with Crippen LogP contribution in [0.4, 0.5) is 0 Å². The Morgan fingerprint density at radius 2 is 1.85 bits per heavy atom. The Kier molecular flexibility index (Phi) is 4.20. The van der Waals surface area contributed by atoms with Crippen LogP contribution in [-0.4, -0.2) is 36.1 Å². The average Bonchev–Trinajstić information content (AvgIpc) is 2.03. The van der Waals surface area contributed by atoms with E-state index >= 15 is 0 Å². The minimum absolute atomic E-state index is 0.656. The van der Waals surface area contributed by atoms with Crippen LogP contribution in [0.25, 0.3) is 0 Å². The molecule has 0 saturated carbocycles. The van der Waals surface area contributed by atoms with Crippen LogP contribution in [0.5, 0.6) is 0 Å². The zero-order chi connectivity index (χ0) is 9.84. The van der Waals surface area contributed by atoms with Crippen molar-refractivity contribution in [3.05, 3.63) is 0 Å². The van der Waals surface area contributed by atoms with Gasteiger partial charge < -0.3 is 5.32 Å². The van der Waals surface area contributed by atoms with Crippen molar-refractivity contribution in [2.24, 2.45) is 0 Å². The maximum Gasteiger partial charge on any atom is 0.0169 e. The number of rotatable bonds is 3. The summed E-state index contributed by atoms with van der Waals surface area (Å²) >= 11 is 0. The fourth-order valence-corrected chi connectivity index (χ4v) is 2.33. The highest BCUT2D eigenvalue weighted by atomic mass is 15.2. The maximum absolute atomic E-state index is 3.56. The molecule has 0 aromatic carbocycles. The molecule has 78 valence electrons. The fraction of sp³-hybridized carbons (Fsp3) is 1.00. The lowest BCUT2D eigenvalue weighted by Gasteiger charge is -2.39. The number of nitrogens with one attached hydrogen (secondary N) is 1. The van der Waals surface area contributed by atoms with E-state index in [4.69, 9.17) is 0 Å². The lowest BCUT2D eigenvalue weighted by atomic mass is 10.1. The summed E-state index contributed by atoms with van der Waals surface area (Å²) in [4.78, 5) is 2.62. The van der Waals surface area contributed by atoms with Gasteiger partial charge in [0.2, 0.25) is 0 Å². The zero-order valence-corrected chi connectivity index (χ0v) is 9.51. The monoisotopic (exact) mass is 184 g/mol. The molecule has 1 heterocycles. The molecule has 1 saturated heterocycles. The van der Waals surface area contributed by atoms with Gasteiger partial charge in [-0.1, -0.05) is 13.3 Å². The second-order valence-electron chi connectivity index (χ2n) is 4.56. The average molecular weight is 184 g/mol. The van der Waals surface area contributed by atoms with Crippen molar-refractivity contribution in [1.29, 1.82) is 0 Å². The first-order chi connectivity index (χ1) is 6.13. The van der Waals surface area contributed by atoms with Crippen LogP contribution in [0.3, 0.4) is 0 Å². The van der Waals surface area contributed by atoms with Gasteiger partial charge in [-0.15, -0.1) is 0 Å². The van der Waals surface area contributed by atoms with Gasteiger partial charge in [-0.2, -0.15) is 0 Å². The van der Waals surface area contributed by atoms with Crippen LogP contribution < -0.4 is 5.32 Å². The highest BCUT2D eigenvalue weighted by molar-refractivity contribution is 4.83. The summed E-state index contributed by atoms with van der Waals surface area (Å²) in [6, 6.07) is 2.07. The predicted molar refractivity (Wildman–Crippen MR) is 58.0 cm³/mol. The minimum Gasteiger partial charge on any atom is -0.309 e. The highest BCUT2D eigenvalue weighted by Crippen LogP contribution is 2.11. The van der Waals surface area contributed by atoms with Crippen LogP contribution in [0, 0.1) is 0 Å². The summed E-state index contributed by atoms with van der Waals surface area (Å²) in [5.41, 5.74) is 0. The molecule has 13 heavy (non-hydrogen) atoms. The SMILES string of the molecule is CCCC(C)N1CC(C)NC(C)C1. The molecule has 0 aromatic rings. The van der Waals surface area contributed by atoms with E-state index in [0.717, 1.165) is 6.04 Å². The van der Waals surface area contributed by atoms with Crippen LogP contribution >= 0.6 is 0 Å². The summed E-state index contributed by atoms with van der Waals surface area (Å²) < 4.78 is 0. The standard InChI is InChI=1S/C11H24N2/c1-5-6-11(4)13-7-9(2)12-10(3)8-13/h9-12H,5-8H2,1-4H3. The third-order valence-corrected chi connectivity index (χ3v) is 2.92. The Bertz CT molecular complexity index is 137. The van der Waals surface area contributed by atoms with Crippen LogP contribution in [0.1, 0.15) is 40.5 Å². The van der Waals surface area contributed by atoms with Gasteiger partial charge in [0, 0.05) is 31.2 Å². The van der Waals surface area contributed by atoms with E-state index in [1.165, 1.54) is 25.9 Å². The molecule has 0 radical (unpaired) electrons. The lowest BCUT2D eigenvalue weighted by molar-refractivity contribution is 0.125. The Hall–Kier alpha value is -0.0800. The number of hydrogen-bond donors (Lipinski definition) is 1. The van der Waals surface area contributed by atoms with Crippen molar-refractivity contribution >= 4 is 0 Å². The van der Waals surface area contributed by atoms with Crippen molar-refractivity contribution < 1.29 is 0 Å². The Morgan fingerprint density at radius 3 is 2.31 bits per heavy atom. The van der Waals surface area contributed by atoms with E-state index in [2.05, 4.69) is 37.9 Å². The Morgan fingerprint density at radius 1 is 1.31 bits per heavy atom. The molecule has 1 fully saturated rings. The molecule has 0 spiro atoms. The largest absolute Gasteiger partial charge is 0.309 e. The molecular formula is C11H24N2. The van der Waals surface area contributed by atoms with Crippen LogP contribution in [0.2, 0.25) is 0 Å². The summed E-state index contributed by atoms with van der Waals surface area (Å²) in [7, 11) is 0. The van der Waals surface area contributed by atoms with Crippen molar-refractivity contribution in [1.82, 2.24) is 10.2 Å². The van der Waals surface area contributed by atoms with Gasteiger partial charge in [0.25, 0.3) is 0 Å².